The van der Waals surface area contributed by atoms with Crippen molar-refractivity contribution in [2.75, 3.05) is 0 Å². The molecule has 3 rings (SSSR count). The summed E-state index contributed by atoms with van der Waals surface area (Å²) in [6.07, 6.45) is 0.0807. The van der Waals surface area contributed by atoms with Crippen LogP contribution in [0.3, 0.4) is 0 Å². The molecular weight excluding hydrogens is 240 g/mol. The van der Waals surface area contributed by atoms with Gasteiger partial charge in [-0.2, -0.15) is 0 Å². The Morgan fingerprint density at radius 2 is 2.18 bits per heavy atom. The van der Waals surface area contributed by atoms with Crippen LogP contribution in [0.15, 0.2) is 5.38 Å². The van der Waals surface area contributed by atoms with E-state index in [-0.39, 0.29) is 24.1 Å². The Balaban J connectivity index is 1.92. The van der Waals surface area contributed by atoms with Crippen molar-refractivity contribution in [1.82, 2.24) is 10.2 Å². The van der Waals surface area contributed by atoms with E-state index in [1.54, 1.807) is 11.3 Å². The van der Waals surface area contributed by atoms with Crippen LogP contribution in [0, 0.1) is 6.92 Å². The largest absolute Gasteiger partial charge is 0.322 e. The van der Waals surface area contributed by atoms with E-state index in [9.17, 15) is 14.4 Å². The summed E-state index contributed by atoms with van der Waals surface area (Å²) in [4.78, 5) is 37.4. The van der Waals surface area contributed by atoms with Gasteiger partial charge < -0.3 is 4.90 Å². The predicted molar refractivity (Wildman–Crippen MR) is 60.5 cm³/mol. The number of rotatable bonds is 1. The average molecular weight is 250 g/mol. The first kappa shape index (κ1) is 10.5. The fourth-order valence-electron chi connectivity index (χ4n) is 2.30. The molecule has 1 fully saturated rings. The normalized spacial score (nSPS) is 23.2. The molecule has 0 bridgehead atoms. The number of nitrogens with zero attached hydrogens (tertiary/aromatic N) is 1. The molecule has 17 heavy (non-hydrogen) atoms. The second-order valence-electron chi connectivity index (χ2n) is 4.25. The van der Waals surface area contributed by atoms with E-state index in [1.807, 2.05) is 12.3 Å². The smallest absolute Gasteiger partial charge is 0.256 e. The molecule has 0 unspecified atom stereocenters. The highest BCUT2D eigenvalue weighted by Gasteiger charge is 2.42. The monoisotopic (exact) mass is 250 g/mol. The molecule has 2 aliphatic rings. The number of nitrogens with one attached hydrogen (secondary N) is 1. The standard InChI is InChI=1S/C11H10N2O3S/c1-5-6-3-13(11(16)7(6)4-17-5)8-2-9(14)12-10(8)15/h4,8H,2-3H2,1H3,(H,12,14,15)/t8-/m0/s1. The van der Waals surface area contributed by atoms with E-state index in [4.69, 9.17) is 0 Å². The maximum absolute atomic E-state index is 12.1. The molecule has 0 aromatic carbocycles. The maximum atomic E-state index is 12.1. The van der Waals surface area contributed by atoms with Gasteiger partial charge in [0.25, 0.3) is 5.91 Å². The summed E-state index contributed by atoms with van der Waals surface area (Å²) in [5.74, 6) is -0.812. The third-order valence-corrected chi connectivity index (χ3v) is 4.20. The Labute approximate surface area is 101 Å². The van der Waals surface area contributed by atoms with Crippen LogP contribution >= 0.6 is 11.3 Å². The highest BCUT2D eigenvalue weighted by molar-refractivity contribution is 7.10. The summed E-state index contributed by atoms with van der Waals surface area (Å²) in [5, 5.41) is 4.05. The Hall–Kier alpha value is -1.69. The van der Waals surface area contributed by atoms with Crippen LogP contribution in [0.1, 0.15) is 27.2 Å². The number of amides is 3. The Kier molecular flexibility index (Phi) is 2.09. The third kappa shape index (κ3) is 1.40. The number of hydrogen-bond donors (Lipinski definition) is 1. The van der Waals surface area contributed by atoms with Gasteiger partial charge in [0.15, 0.2) is 0 Å². The fraction of sp³-hybridized carbons (Fsp3) is 0.364. The Bertz CT molecular complexity index is 549. The van der Waals surface area contributed by atoms with Crippen LogP contribution in [-0.4, -0.2) is 28.7 Å². The quantitative estimate of drug-likeness (QED) is 0.735. The number of carbonyl (C=O) groups is 3. The second kappa shape index (κ2) is 3.40. The third-order valence-electron chi connectivity index (χ3n) is 3.24. The van der Waals surface area contributed by atoms with E-state index in [2.05, 4.69) is 5.32 Å². The molecule has 2 aliphatic heterocycles. The van der Waals surface area contributed by atoms with Crippen molar-refractivity contribution in [3.05, 3.63) is 21.4 Å². The molecule has 0 aliphatic carbocycles. The number of aryl methyl sites for hydroxylation is 1. The lowest BCUT2D eigenvalue weighted by Gasteiger charge is -2.20. The molecule has 3 heterocycles. The maximum Gasteiger partial charge on any atom is 0.256 e. The highest BCUT2D eigenvalue weighted by atomic mass is 32.1. The van der Waals surface area contributed by atoms with Crippen LogP contribution in [0.2, 0.25) is 0 Å². The first-order valence-corrected chi connectivity index (χ1v) is 6.17. The highest BCUT2D eigenvalue weighted by Crippen LogP contribution is 2.32. The van der Waals surface area contributed by atoms with Crippen molar-refractivity contribution < 1.29 is 14.4 Å². The van der Waals surface area contributed by atoms with Gasteiger partial charge in [-0.05, 0) is 12.5 Å². The van der Waals surface area contributed by atoms with E-state index in [0.29, 0.717) is 12.1 Å². The van der Waals surface area contributed by atoms with Gasteiger partial charge in [-0.3, -0.25) is 19.7 Å². The molecule has 88 valence electrons. The summed E-state index contributed by atoms with van der Waals surface area (Å²) in [5.41, 5.74) is 1.67. The first-order valence-electron chi connectivity index (χ1n) is 5.29. The van der Waals surface area contributed by atoms with E-state index < -0.39 is 6.04 Å². The molecule has 1 aromatic rings. The zero-order valence-corrected chi connectivity index (χ0v) is 9.97. The molecule has 6 heteroatoms. The van der Waals surface area contributed by atoms with Crippen molar-refractivity contribution in [1.29, 1.82) is 0 Å². The molecule has 1 saturated heterocycles. The molecule has 0 radical (unpaired) electrons. The average Bonchev–Trinajstić information content (AvgIpc) is 2.87. The number of carbonyl (C=O) groups excluding carboxylic acids is 3. The zero-order chi connectivity index (χ0) is 12.2. The van der Waals surface area contributed by atoms with Crippen LogP contribution in [0.4, 0.5) is 0 Å². The lowest BCUT2D eigenvalue weighted by atomic mass is 10.2. The van der Waals surface area contributed by atoms with Gasteiger partial charge in [0.1, 0.15) is 6.04 Å². The summed E-state index contributed by atoms with van der Waals surface area (Å²) in [6, 6.07) is -0.633. The van der Waals surface area contributed by atoms with Crippen molar-refractivity contribution >= 4 is 29.1 Å². The van der Waals surface area contributed by atoms with Crippen molar-refractivity contribution in [3.8, 4) is 0 Å². The summed E-state index contributed by atoms with van der Waals surface area (Å²) in [6.45, 7) is 2.40. The van der Waals surface area contributed by atoms with Crippen LogP contribution in [0.5, 0.6) is 0 Å². The Morgan fingerprint density at radius 3 is 2.76 bits per heavy atom. The minimum Gasteiger partial charge on any atom is -0.322 e. The first-order chi connectivity index (χ1) is 8.08. The van der Waals surface area contributed by atoms with E-state index in [0.717, 1.165) is 10.4 Å². The zero-order valence-electron chi connectivity index (χ0n) is 9.15. The number of thiophene rings is 1. The molecule has 0 saturated carbocycles. The molecule has 5 nitrogen and oxygen atoms in total. The lowest BCUT2D eigenvalue weighted by molar-refractivity contribution is -0.126. The molecule has 1 aromatic heterocycles. The minimum absolute atomic E-state index is 0.0807. The number of imide groups is 1. The predicted octanol–water partition coefficient (Wildman–Crippen LogP) is 0.427. The number of hydrogen-bond acceptors (Lipinski definition) is 4. The summed E-state index contributed by atoms with van der Waals surface area (Å²) < 4.78 is 0. The van der Waals surface area contributed by atoms with Crippen LogP contribution in [0.25, 0.3) is 0 Å². The lowest BCUT2D eigenvalue weighted by Crippen LogP contribution is -2.40. The molecule has 0 spiro atoms. The van der Waals surface area contributed by atoms with Crippen LogP contribution in [-0.2, 0) is 16.1 Å². The van der Waals surface area contributed by atoms with Gasteiger partial charge in [0.05, 0.1) is 12.0 Å². The molecule has 1 atom stereocenters. The minimum atomic E-state index is -0.633. The summed E-state index contributed by atoms with van der Waals surface area (Å²) >= 11 is 1.54. The van der Waals surface area contributed by atoms with Gasteiger partial charge in [-0.1, -0.05) is 0 Å². The van der Waals surface area contributed by atoms with Gasteiger partial charge >= 0.3 is 0 Å². The van der Waals surface area contributed by atoms with Gasteiger partial charge in [0, 0.05) is 16.8 Å². The van der Waals surface area contributed by atoms with Crippen molar-refractivity contribution in [2.45, 2.75) is 25.9 Å². The molecule has 3 amide bonds. The molecular formula is C11H10N2O3S. The summed E-state index contributed by atoms with van der Waals surface area (Å²) in [7, 11) is 0. The van der Waals surface area contributed by atoms with Gasteiger partial charge in [-0.15, -0.1) is 11.3 Å². The molecule has 1 N–H and O–H groups in total. The fourth-order valence-corrected chi connectivity index (χ4v) is 3.15. The van der Waals surface area contributed by atoms with Gasteiger partial charge in [-0.25, -0.2) is 0 Å². The van der Waals surface area contributed by atoms with Crippen LogP contribution < -0.4 is 5.32 Å². The van der Waals surface area contributed by atoms with E-state index in [1.165, 1.54) is 4.90 Å². The Morgan fingerprint density at radius 1 is 1.41 bits per heavy atom. The SMILES string of the molecule is Cc1scc2c1CN([C@H]1CC(=O)NC1=O)C2=O. The van der Waals surface area contributed by atoms with Gasteiger partial charge in [0.2, 0.25) is 11.8 Å². The second-order valence-corrected chi connectivity index (χ2v) is 5.33. The van der Waals surface area contributed by atoms with Crippen molar-refractivity contribution in [3.63, 3.8) is 0 Å². The van der Waals surface area contributed by atoms with Crippen molar-refractivity contribution in [2.24, 2.45) is 0 Å². The number of fused-ring (bicyclic) bond motifs is 1. The van der Waals surface area contributed by atoms with E-state index >= 15 is 0 Å². The topological polar surface area (TPSA) is 66.5 Å².